The minimum absolute atomic E-state index is 0.536. The summed E-state index contributed by atoms with van der Waals surface area (Å²) in [4.78, 5) is 5.23. The molecule has 0 unspecified atom stereocenters. The highest BCUT2D eigenvalue weighted by atomic mass is 35.5. The molecule has 0 saturated heterocycles. The molecule has 0 radical (unpaired) electrons. The van der Waals surface area contributed by atoms with E-state index in [-0.39, 0.29) is 0 Å². The standard InChI is InChI=1S/C10H9Cl2N3S/c1-5-9(16-10(14-5)15-13)6-3-2-4-7(11)8(6)12/h2-4H,13H2,1H3,(H,14,15). The van der Waals surface area contributed by atoms with Gasteiger partial charge in [0.25, 0.3) is 0 Å². The normalized spacial score (nSPS) is 10.5. The van der Waals surface area contributed by atoms with Crippen LogP contribution in [0.4, 0.5) is 5.13 Å². The second-order valence-electron chi connectivity index (χ2n) is 3.18. The molecule has 16 heavy (non-hydrogen) atoms. The number of rotatable bonds is 2. The van der Waals surface area contributed by atoms with Crippen LogP contribution in [-0.4, -0.2) is 4.98 Å². The van der Waals surface area contributed by atoms with E-state index >= 15 is 0 Å². The molecule has 1 aromatic carbocycles. The Balaban J connectivity index is 2.58. The Morgan fingerprint density at radius 3 is 2.75 bits per heavy atom. The van der Waals surface area contributed by atoms with Crippen LogP contribution in [0, 0.1) is 6.92 Å². The molecule has 1 aromatic heterocycles. The lowest BCUT2D eigenvalue weighted by Crippen LogP contribution is -2.05. The molecule has 6 heteroatoms. The van der Waals surface area contributed by atoms with Crippen LogP contribution in [-0.2, 0) is 0 Å². The van der Waals surface area contributed by atoms with Crippen LogP contribution < -0.4 is 11.3 Å². The topological polar surface area (TPSA) is 50.9 Å². The van der Waals surface area contributed by atoms with E-state index in [1.165, 1.54) is 11.3 Å². The van der Waals surface area contributed by atoms with E-state index in [2.05, 4.69) is 10.4 Å². The van der Waals surface area contributed by atoms with Crippen molar-refractivity contribution in [1.29, 1.82) is 0 Å². The molecule has 3 N–H and O–H groups in total. The van der Waals surface area contributed by atoms with Crippen molar-refractivity contribution in [2.45, 2.75) is 6.92 Å². The fraction of sp³-hybridized carbons (Fsp3) is 0.100. The minimum Gasteiger partial charge on any atom is -0.300 e. The van der Waals surface area contributed by atoms with Gasteiger partial charge in [0.05, 0.1) is 20.6 Å². The van der Waals surface area contributed by atoms with Crippen molar-refractivity contribution in [2.75, 3.05) is 5.43 Å². The first-order chi connectivity index (χ1) is 7.63. The van der Waals surface area contributed by atoms with E-state index in [1.807, 2.05) is 19.1 Å². The lowest BCUT2D eigenvalue weighted by atomic mass is 10.1. The Labute approximate surface area is 107 Å². The van der Waals surface area contributed by atoms with Crippen LogP contribution in [0.2, 0.25) is 10.0 Å². The molecule has 84 valence electrons. The number of thiazole rings is 1. The third-order valence-electron chi connectivity index (χ3n) is 2.12. The van der Waals surface area contributed by atoms with Gasteiger partial charge in [-0.25, -0.2) is 10.8 Å². The number of nitrogens with one attached hydrogen (secondary N) is 1. The van der Waals surface area contributed by atoms with Gasteiger partial charge >= 0.3 is 0 Å². The molecule has 0 aliphatic rings. The highest BCUT2D eigenvalue weighted by Gasteiger charge is 2.13. The summed E-state index contributed by atoms with van der Waals surface area (Å²) in [6.07, 6.45) is 0. The molecule has 0 fully saturated rings. The molecule has 2 aromatic rings. The molecule has 0 atom stereocenters. The molecule has 0 bridgehead atoms. The lowest BCUT2D eigenvalue weighted by Gasteiger charge is -2.03. The Bertz CT molecular complexity index is 525. The van der Waals surface area contributed by atoms with Crippen LogP contribution >= 0.6 is 34.5 Å². The van der Waals surface area contributed by atoms with Gasteiger partial charge in [-0.1, -0.05) is 46.7 Å². The average molecular weight is 274 g/mol. The fourth-order valence-electron chi connectivity index (χ4n) is 1.39. The summed E-state index contributed by atoms with van der Waals surface area (Å²) >= 11 is 13.6. The van der Waals surface area contributed by atoms with Crippen LogP contribution in [0.1, 0.15) is 5.69 Å². The predicted octanol–water partition coefficient (Wildman–Crippen LogP) is 3.71. The van der Waals surface area contributed by atoms with Crippen molar-refractivity contribution < 1.29 is 0 Å². The summed E-state index contributed by atoms with van der Waals surface area (Å²) in [6, 6.07) is 5.53. The summed E-state index contributed by atoms with van der Waals surface area (Å²) in [7, 11) is 0. The number of hydrogen-bond acceptors (Lipinski definition) is 4. The molecule has 0 aliphatic carbocycles. The van der Waals surface area contributed by atoms with Crippen molar-refractivity contribution in [3.8, 4) is 10.4 Å². The van der Waals surface area contributed by atoms with Crippen LogP contribution in [0.25, 0.3) is 10.4 Å². The van der Waals surface area contributed by atoms with Crippen molar-refractivity contribution >= 4 is 39.7 Å². The third kappa shape index (κ3) is 2.01. The van der Waals surface area contributed by atoms with E-state index in [4.69, 9.17) is 29.0 Å². The summed E-state index contributed by atoms with van der Waals surface area (Å²) < 4.78 is 0. The predicted molar refractivity (Wildman–Crippen MR) is 70.1 cm³/mol. The molecule has 0 amide bonds. The van der Waals surface area contributed by atoms with Gasteiger partial charge < -0.3 is 0 Å². The van der Waals surface area contributed by atoms with Crippen LogP contribution in [0.3, 0.4) is 0 Å². The number of hydrazine groups is 1. The van der Waals surface area contributed by atoms with Gasteiger partial charge in [-0.3, -0.25) is 5.43 Å². The first-order valence-corrected chi connectivity index (χ1v) is 6.09. The maximum atomic E-state index is 6.15. The second-order valence-corrected chi connectivity index (χ2v) is 4.96. The van der Waals surface area contributed by atoms with E-state index in [0.29, 0.717) is 15.2 Å². The molecule has 0 aliphatic heterocycles. The number of halogens is 2. The zero-order valence-corrected chi connectivity index (χ0v) is 10.7. The van der Waals surface area contributed by atoms with Gasteiger partial charge in [-0.2, -0.15) is 0 Å². The van der Waals surface area contributed by atoms with Crippen molar-refractivity contribution in [3.63, 3.8) is 0 Å². The number of nitrogens with zero attached hydrogens (tertiary/aromatic N) is 1. The summed E-state index contributed by atoms with van der Waals surface area (Å²) in [5, 5.41) is 1.73. The average Bonchev–Trinajstić information content (AvgIpc) is 2.64. The molecular weight excluding hydrogens is 265 g/mol. The quantitative estimate of drug-likeness (QED) is 0.648. The SMILES string of the molecule is Cc1nc(NN)sc1-c1cccc(Cl)c1Cl. The first-order valence-electron chi connectivity index (χ1n) is 4.52. The van der Waals surface area contributed by atoms with Gasteiger partial charge in [-0.05, 0) is 13.0 Å². The zero-order valence-electron chi connectivity index (χ0n) is 8.42. The van der Waals surface area contributed by atoms with Crippen LogP contribution in [0.15, 0.2) is 18.2 Å². The van der Waals surface area contributed by atoms with Crippen molar-refractivity contribution in [1.82, 2.24) is 4.98 Å². The van der Waals surface area contributed by atoms with Gasteiger partial charge in [0.1, 0.15) is 0 Å². The van der Waals surface area contributed by atoms with Gasteiger partial charge in [-0.15, -0.1) is 0 Å². The van der Waals surface area contributed by atoms with Crippen molar-refractivity contribution in [2.24, 2.45) is 5.84 Å². The summed E-state index contributed by atoms with van der Waals surface area (Å²) in [6.45, 7) is 1.91. The largest absolute Gasteiger partial charge is 0.300 e. The number of anilines is 1. The Morgan fingerprint density at radius 1 is 1.38 bits per heavy atom. The Morgan fingerprint density at radius 2 is 2.12 bits per heavy atom. The van der Waals surface area contributed by atoms with E-state index < -0.39 is 0 Å². The third-order valence-corrected chi connectivity index (χ3v) is 4.06. The maximum Gasteiger partial charge on any atom is 0.197 e. The maximum absolute atomic E-state index is 6.15. The number of benzene rings is 1. The monoisotopic (exact) mass is 273 g/mol. The van der Waals surface area contributed by atoms with Gasteiger partial charge in [0.15, 0.2) is 5.13 Å². The number of nitrogen functional groups attached to an aromatic ring is 1. The van der Waals surface area contributed by atoms with Crippen LogP contribution in [0.5, 0.6) is 0 Å². The second kappa shape index (κ2) is 4.59. The zero-order chi connectivity index (χ0) is 11.7. The number of aryl methyl sites for hydroxylation is 1. The lowest BCUT2D eigenvalue weighted by molar-refractivity contribution is 1.22. The number of aromatic nitrogens is 1. The van der Waals surface area contributed by atoms with E-state index in [9.17, 15) is 0 Å². The van der Waals surface area contributed by atoms with Gasteiger partial charge in [0, 0.05) is 5.56 Å². The highest BCUT2D eigenvalue weighted by Crippen LogP contribution is 2.39. The van der Waals surface area contributed by atoms with Crippen molar-refractivity contribution in [3.05, 3.63) is 33.9 Å². The van der Waals surface area contributed by atoms with E-state index in [1.54, 1.807) is 6.07 Å². The Kier molecular flexibility index (Phi) is 3.35. The smallest absolute Gasteiger partial charge is 0.197 e. The summed E-state index contributed by atoms with van der Waals surface area (Å²) in [5.74, 6) is 5.32. The molecule has 2 rings (SSSR count). The Hall–Kier alpha value is -0.810. The molecule has 0 spiro atoms. The minimum atomic E-state index is 0.536. The fourth-order valence-corrected chi connectivity index (χ4v) is 2.75. The molecule has 0 saturated carbocycles. The molecular formula is C10H9Cl2N3S. The summed E-state index contributed by atoms with van der Waals surface area (Å²) in [5.41, 5.74) is 4.28. The van der Waals surface area contributed by atoms with Gasteiger partial charge in [0.2, 0.25) is 0 Å². The first kappa shape index (κ1) is 11.7. The number of nitrogens with two attached hydrogens (primary N) is 1. The molecule has 1 heterocycles. The van der Waals surface area contributed by atoms with E-state index in [0.717, 1.165) is 16.1 Å². The number of hydrogen-bond donors (Lipinski definition) is 2. The molecule has 3 nitrogen and oxygen atoms in total. The highest BCUT2D eigenvalue weighted by molar-refractivity contribution is 7.19.